The topological polar surface area (TPSA) is 80.6 Å². The van der Waals surface area contributed by atoms with E-state index in [0.29, 0.717) is 46.7 Å². The van der Waals surface area contributed by atoms with Gasteiger partial charge in [0.05, 0.1) is 25.3 Å². The van der Waals surface area contributed by atoms with Gasteiger partial charge in [-0.25, -0.2) is 0 Å². The molecule has 27 heavy (non-hydrogen) atoms. The quantitative estimate of drug-likeness (QED) is 0.635. The third kappa shape index (κ3) is 4.33. The van der Waals surface area contributed by atoms with E-state index < -0.39 is 5.91 Å². The molecule has 1 aliphatic heterocycles. The van der Waals surface area contributed by atoms with E-state index in [-0.39, 0.29) is 5.57 Å². The lowest BCUT2D eigenvalue weighted by molar-refractivity contribution is -0.112. The Bertz CT molecular complexity index is 934. The first-order chi connectivity index (χ1) is 13.1. The highest BCUT2D eigenvalue weighted by atomic mass is 35.5. The number of anilines is 1. The van der Waals surface area contributed by atoms with Crippen molar-refractivity contribution in [2.75, 3.05) is 25.6 Å². The maximum atomic E-state index is 12.5. The van der Waals surface area contributed by atoms with Gasteiger partial charge in [-0.1, -0.05) is 23.7 Å². The normalized spacial score (nSPS) is 13.3. The number of nitriles is 1. The molecule has 1 aliphatic rings. The summed E-state index contributed by atoms with van der Waals surface area (Å²) in [6, 6.07) is 12.1. The first-order valence-electron chi connectivity index (χ1n) is 8.27. The average Bonchev–Trinajstić information content (AvgIpc) is 2.92. The predicted octanol–water partition coefficient (Wildman–Crippen LogP) is 4.06. The highest BCUT2D eigenvalue weighted by molar-refractivity contribution is 6.32. The number of rotatable bonds is 4. The van der Waals surface area contributed by atoms with Crippen molar-refractivity contribution in [2.45, 2.75) is 6.42 Å². The van der Waals surface area contributed by atoms with E-state index in [1.165, 1.54) is 13.2 Å². The van der Waals surface area contributed by atoms with Gasteiger partial charge in [-0.15, -0.1) is 0 Å². The fraction of sp³-hybridized carbons (Fsp3) is 0.200. The molecule has 0 saturated heterocycles. The van der Waals surface area contributed by atoms with Crippen molar-refractivity contribution >= 4 is 29.3 Å². The summed E-state index contributed by atoms with van der Waals surface area (Å²) in [4.78, 5) is 12.5. The molecule has 138 valence electrons. The van der Waals surface area contributed by atoms with Gasteiger partial charge in [0.2, 0.25) is 0 Å². The second-order valence-corrected chi connectivity index (χ2v) is 6.11. The minimum Gasteiger partial charge on any atom is -0.495 e. The van der Waals surface area contributed by atoms with Crippen molar-refractivity contribution in [1.29, 1.82) is 5.26 Å². The summed E-state index contributed by atoms with van der Waals surface area (Å²) in [6.45, 7) is 1.07. The van der Waals surface area contributed by atoms with Crippen LogP contribution in [0.1, 0.15) is 12.0 Å². The van der Waals surface area contributed by atoms with Gasteiger partial charge < -0.3 is 19.5 Å². The van der Waals surface area contributed by atoms with Crippen LogP contribution in [-0.2, 0) is 4.79 Å². The van der Waals surface area contributed by atoms with E-state index in [1.54, 1.807) is 36.4 Å². The van der Waals surface area contributed by atoms with Crippen LogP contribution in [0.2, 0.25) is 5.02 Å². The molecule has 2 aromatic carbocycles. The molecule has 2 aromatic rings. The fourth-order valence-corrected chi connectivity index (χ4v) is 2.83. The van der Waals surface area contributed by atoms with E-state index >= 15 is 0 Å². The molecular weight excluding hydrogens is 368 g/mol. The Balaban J connectivity index is 1.86. The van der Waals surface area contributed by atoms with Crippen LogP contribution in [0.15, 0.2) is 42.0 Å². The summed E-state index contributed by atoms with van der Waals surface area (Å²) in [5.74, 6) is 1.07. The van der Waals surface area contributed by atoms with Crippen molar-refractivity contribution in [3.8, 4) is 23.3 Å². The molecule has 0 fully saturated rings. The standard InChI is InChI=1S/C20H17ClN2O4/c1-25-17-7-6-15(11-16(17)21)23-20(24)14(12-22)10-13-4-2-5-18-19(13)27-9-3-8-26-18/h2,4-7,10-11H,3,8-9H2,1H3,(H,23,24)/b14-10-. The third-order valence-electron chi connectivity index (χ3n) is 3.88. The predicted molar refractivity (Wildman–Crippen MR) is 102 cm³/mol. The third-order valence-corrected chi connectivity index (χ3v) is 4.17. The Labute approximate surface area is 161 Å². The zero-order valence-electron chi connectivity index (χ0n) is 14.6. The van der Waals surface area contributed by atoms with E-state index in [0.717, 1.165) is 6.42 Å². The molecule has 7 heteroatoms. The Morgan fingerprint density at radius 1 is 1.30 bits per heavy atom. The van der Waals surface area contributed by atoms with E-state index in [4.69, 9.17) is 25.8 Å². The second-order valence-electron chi connectivity index (χ2n) is 5.70. The van der Waals surface area contributed by atoms with Crippen LogP contribution in [0.4, 0.5) is 5.69 Å². The summed E-state index contributed by atoms with van der Waals surface area (Å²) >= 11 is 6.06. The molecule has 3 rings (SSSR count). The summed E-state index contributed by atoms with van der Waals surface area (Å²) in [6.07, 6.45) is 2.25. The number of fused-ring (bicyclic) bond motifs is 1. The molecule has 0 saturated carbocycles. The fourth-order valence-electron chi connectivity index (χ4n) is 2.58. The second kappa shape index (κ2) is 8.47. The van der Waals surface area contributed by atoms with Crippen molar-refractivity contribution in [2.24, 2.45) is 0 Å². The Morgan fingerprint density at radius 3 is 2.85 bits per heavy atom. The highest BCUT2D eigenvalue weighted by Crippen LogP contribution is 2.34. The molecule has 0 aromatic heterocycles. The van der Waals surface area contributed by atoms with Gasteiger partial charge in [-0.2, -0.15) is 5.26 Å². The van der Waals surface area contributed by atoms with Crippen LogP contribution < -0.4 is 19.5 Å². The molecule has 0 bridgehead atoms. The average molecular weight is 385 g/mol. The number of methoxy groups -OCH3 is 1. The molecule has 0 atom stereocenters. The SMILES string of the molecule is COc1ccc(NC(=O)/C(C#N)=C\c2cccc3c2OCCCO3)cc1Cl. The molecule has 1 heterocycles. The molecular formula is C20H17ClN2O4. The lowest BCUT2D eigenvalue weighted by Gasteiger charge is -2.11. The van der Waals surface area contributed by atoms with Gasteiger partial charge in [-0.05, 0) is 30.3 Å². The molecule has 0 unspecified atom stereocenters. The van der Waals surface area contributed by atoms with Crippen LogP contribution in [0, 0.1) is 11.3 Å². The Hall–Kier alpha value is -3.17. The minimum absolute atomic E-state index is 0.0665. The number of halogens is 1. The van der Waals surface area contributed by atoms with E-state index in [2.05, 4.69) is 5.32 Å². The van der Waals surface area contributed by atoms with E-state index in [9.17, 15) is 10.1 Å². The van der Waals surface area contributed by atoms with E-state index in [1.807, 2.05) is 6.07 Å². The number of benzene rings is 2. The Morgan fingerprint density at radius 2 is 2.11 bits per heavy atom. The number of para-hydroxylation sites is 1. The lowest BCUT2D eigenvalue weighted by atomic mass is 10.1. The van der Waals surface area contributed by atoms with Crippen molar-refractivity contribution in [3.05, 3.63) is 52.6 Å². The number of nitrogens with zero attached hydrogens (tertiary/aromatic N) is 1. The number of carbonyl (C=O) groups is 1. The number of amides is 1. The first-order valence-corrected chi connectivity index (χ1v) is 8.65. The number of carbonyl (C=O) groups excluding carboxylic acids is 1. The van der Waals surface area contributed by atoms with Crippen molar-refractivity contribution in [3.63, 3.8) is 0 Å². The molecule has 0 spiro atoms. The maximum Gasteiger partial charge on any atom is 0.266 e. The van der Waals surface area contributed by atoms with Gasteiger partial charge in [0.15, 0.2) is 11.5 Å². The smallest absolute Gasteiger partial charge is 0.266 e. The van der Waals surface area contributed by atoms with Crippen LogP contribution in [0.3, 0.4) is 0 Å². The summed E-state index contributed by atoms with van der Waals surface area (Å²) < 4.78 is 16.4. The summed E-state index contributed by atoms with van der Waals surface area (Å²) in [7, 11) is 1.50. The number of hydrogen-bond donors (Lipinski definition) is 1. The Kier molecular flexibility index (Phi) is 5.84. The van der Waals surface area contributed by atoms with Crippen molar-refractivity contribution < 1.29 is 19.0 Å². The highest BCUT2D eigenvalue weighted by Gasteiger charge is 2.16. The number of ether oxygens (including phenoxy) is 3. The zero-order valence-corrected chi connectivity index (χ0v) is 15.4. The van der Waals surface area contributed by atoms with Crippen LogP contribution in [0.25, 0.3) is 6.08 Å². The summed E-state index contributed by atoms with van der Waals surface area (Å²) in [5.41, 5.74) is 0.996. The largest absolute Gasteiger partial charge is 0.495 e. The number of nitrogens with one attached hydrogen (secondary N) is 1. The van der Waals surface area contributed by atoms with Crippen LogP contribution >= 0.6 is 11.6 Å². The van der Waals surface area contributed by atoms with Gasteiger partial charge in [0, 0.05) is 17.7 Å². The molecule has 0 aliphatic carbocycles. The molecule has 6 nitrogen and oxygen atoms in total. The van der Waals surface area contributed by atoms with Gasteiger partial charge in [-0.3, -0.25) is 4.79 Å². The summed E-state index contributed by atoms with van der Waals surface area (Å²) in [5, 5.41) is 12.4. The lowest BCUT2D eigenvalue weighted by Crippen LogP contribution is -2.13. The molecule has 1 amide bonds. The van der Waals surface area contributed by atoms with Crippen molar-refractivity contribution in [1.82, 2.24) is 0 Å². The monoisotopic (exact) mass is 384 g/mol. The maximum absolute atomic E-state index is 12.5. The number of hydrogen-bond acceptors (Lipinski definition) is 5. The first kappa shape index (κ1) is 18.6. The van der Waals surface area contributed by atoms with Gasteiger partial charge in [0.25, 0.3) is 5.91 Å². The molecule has 0 radical (unpaired) electrons. The van der Waals surface area contributed by atoms with Gasteiger partial charge in [0.1, 0.15) is 17.4 Å². The zero-order chi connectivity index (χ0) is 19.2. The minimum atomic E-state index is -0.550. The molecule has 1 N–H and O–H groups in total. The van der Waals surface area contributed by atoms with Gasteiger partial charge >= 0.3 is 0 Å². The van der Waals surface area contributed by atoms with Crippen LogP contribution in [0.5, 0.6) is 17.2 Å². The van der Waals surface area contributed by atoms with Crippen LogP contribution in [-0.4, -0.2) is 26.2 Å².